The number of rotatable bonds is 6. The minimum absolute atomic E-state index is 0.316. The van der Waals surface area contributed by atoms with Crippen LogP contribution in [0.15, 0.2) is 30.3 Å². The molecule has 14 heavy (non-hydrogen) atoms. The second-order valence-corrected chi connectivity index (χ2v) is 5.35. The third kappa shape index (κ3) is 5.05. The summed E-state index contributed by atoms with van der Waals surface area (Å²) in [6.45, 7) is 0. The molecule has 76 valence electrons. The average molecular weight is 257 g/mol. The second kappa shape index (κ2) is 6.63. The van der Waals surface area contributed by atoms with Gasteiger partial charge in [0.05, 0.1) is 0 Å². The Morgan fingerprint density at radius 1 is 1.29 bits per heavy atom. The molecule has 0 unspecified atom stereocenters. The van der Waals surface area contributed by atoms with Gasteiger partial charge in [-0.05, 0) is 0 Å². The summed E-state index contributed by atoms with van der Waals surface area (Å²) in [6.07, 6.45) is 1.14. The van der Waals surface area contributed by atoms with E-state index in [0.29, 0.717) is 21.4 Å². The van der Waals surface area contributed by atoms with Crippen molar-refractivity contribution >= 4 is 20.9 Å². The molecule has 0 atom stereocenters. The van der Waals surface area contributed by atoms with Gasteiger partial charge in [-0.25, -0.2) is 0 Å². The molecule has 0 saturated heterocycles. The van der Waals surface area contributed by atoms with Gasteiger partial charge in [-0.15, -0.1) is 0 Å². The summed E-state index contributed by atoms with van der Waals surface area (Å²) < 4.78 is 0. The monoisotopic (exact) mass is 258 g/mol. The zero-order valence-electron chi connectivity index (χ0n) is 7.98. The maximum absolute atomic E-state index is 10.2. The molecule has 1 N–H and O–H groups in total. The quantitative estimate of drug-likeness (QED) is 0.626. The van der Waals surface area contributed by atoms with Crippen LogP contribution in [0.1, 0.15) is 18.4 Å². The van der Waals surface area contributed by atoms with Gasteiger partial charge in [0.15, 0.2) is 0 Å². The van der Waals surface area contributed by atoms with Crippen LogP contribution in [-0.4, -0.2) is 26.0 Å². The molecule has 0 spiro atoms. The third-order valence-electron chi connectivity index (χ3n) is 1.79. The molecule has 0 radical (unpaired) electrons. The van der Waals surface area contributed by atoms with Crippen LogP contribution < -0.4 is 0 Å². The zero-order valence-corrected chi connectivity index (χ0v) is 9.69. The predicted molar refractivity (Wildman–Crippen MR) is 57.6 cm³/mol. The molecule has 0 saturated carbocycles. The normalized spacial score (nSPS) is 10.0. The summed E-state index contributed by atoms with van der Waals surface area (Å²) in [5.41, 5.74) is 1.36. The van der Waals surface area contributed by atoms with Crippen LogP contribution >= 0.6 is 0 Å². The van der Waals surface area contributed by atoms with E-state index in [1.54, 1.807) is 0 Å². The van der Waals surface area contributed by atoms with Crippen molar-refractivity contribution in [2.24, 2.45) is 0 Å². The Hall–Kier alpha value is -0.791. The standard InChI is InChI=1S/C11H14O2Se/c12-11(13)7-4-8-14-9-10-5-2-1-3-6-10/h1-3,5-6H,4,7-9H2,(H,12,13). The fourth-order valence-corrected chi connectivity index (χ4v) is 3.02. The summed E-state index contributed by atoms with van der Waals surface area (Å²) in [7, 11) is 0. The molecule has 0 fully saturated rings. The van der Waals surface area contributed by atoms with Crippen LogP contribution in [0.2, 0.25) is 5.32 Å². The molecule has 3 heteroatoms. The number of benzene rings is 1. The SMILES string of the molecule is O=C(O)CCC[Se]Cc1ccccc1. The van der Waals surface area contributed by atoms with Gasteiger partial charge in [0, 0.05) is 0 Å². The fraction of sp³-hybridized carbons (Fsp3) is 0.364. The van der Waals surface area contributed by atoms with Crippen molar-refractivity contribution in [2.45, 2.75) is 23.5 Å². The van der Waals surface area contributed by atoms with E-state index in [0.717, 1.165) is 17.1 Å². The first-order valence-electron chi connectivity index (χ1n) is 4.62. The Kier molecular flexibility index (Phi) is 5.35. The van der Waals surface area contributed by atoms with Crippen LogP contribution in [0.4, 0.5) is 0 Å². The van der Waals surface area contributed by atoms with E-state index in [4.69, 9.17) is 5.11 Å². The summed E-state index contributed by atoms with van der Waals surface area (Å²) >= 11 is 0.552. The van der Waals surface area contributed by atoms with E-state index in [9.17, 15) is 4.79 Å². The number of carboxylic acids is 1. The first kappa shape index (κ1) is 11.3. The molecular formula is C11H14O2Se. The van der Waals surface area contributed by atoms with Crippen molar-refractivity contribution in [3.63, 3.8) is 0 Å². The third-order valence-corrected chi connectivity index (χ3v) is 4.13. The van der Waals surface area contributed by atoms with Crippen molar-refractivity contribution in [1.29, 1.82) is 0 Å². The van der Waals surface area contributed by atoms with Crippen LogP contribution in [0.25, 0.3) is 0 Å². The van der Waals surface area contributed by atoms with E-state index in [1.807, 2.05) is 18.2 Å². The molecule has 1 aromatic carbocycles. The van der Waals surface area contributed by atoms with Gasteiger partial charge in [0.2, 0.25) is 0 Å². The van der Waals surface area contributed by atoms with Gasteiger partial charge in [-0.2, -0.15) is 0 Å². The molecule has 0 amide bonds. The Labute approximate surface area is 90.5 Å². The molecule has 0 aliphatic rings. The summed E-state index contributed by atoms with van der Waals surface area (Å²) in [5.74, 6) is -0.680. The molecule has 0 bridgehead atoms. The summed E-state index contributed by atoms with van der Waals surface area (Å²) in [6, 6.07) is 10.4. The van der Waals surface area contributed by atoms with Crippen LogP contribution in [0, 0.1) is 0 Å². The van der Waals surface area contributed by atoms with Gasteiger partial charge in [0.25, 0.3) is 0 Å². The van der Waals surface area contributed by atoms with Crippen LogP contribution in [-0.2, 0) is 10.1 Å². The van der Waals surface area contributed by atoms with Crippen LogP contribution in [0.5, 0.6) is 0 Å². The number of carbonyl (C=O) groups is 1. The van der Waals surface area contributed by atoms with Crippen molar-refractivity contribution < 1.29 is 9.90 Å². The van der Waals surface area contributed by atoms with E-state index < -0.39 is 5.97 Å². The molecule has 0 aliphatic heterocycles. The van der Waals surface area contributed by atoms with Gasteiger partial charge in [-0.1, -0.05) is 0 Å². The summed E-state index contributed by atoms with van der Waals surface area (Å²) in [4.78, 5) is 10.2. The Bertz CT molecular complexity index is 272. The molecule has 0 aliphatic carbocycles. The van der Waals surface area contributed by atoms with Gasteiger partial charge < -0.3 is 0 Å². The zero-order chi connectivity index (χ0) is 10.2. The summed E-state index contributed by atoms with van der Waals surface area (Å²) in [5, 5.41) is 10.6. The van der Waals surface area contributed by atoms with E-state index >= 15 is 0 Å². The topological polar surface area (TPSA) is 37.3 Å². The molecule has 0 heterocycles. The van der Waals surface area contributed by atoms with Crippen molar-refractivity contribution in [3.8, 4) is 0 Å². The van der Waals surface area contributed by atoms with Gasteiger partial charge >= 0.3 is 90.2 Å². The van der Waals surface area contributed by atoms with E-state index in [-0.39, 0.29) is 0 Å². The van der Waals surface area contributed by atoms with E-state index in [2.05, 4.69) is 12.1 Å². The Morgan fingerprint density at radius 2 is 2.00 bits per heavy atom. The van der Waals surface area contributed by atoms with Crippen molar-refractivity contribution in [2.75, 3.05) is 0 Å². The fourth-order valence-electron chi connectivity index (χ4n) is 1.09. The molecule has 0 aromatic heterocycles. The average Bonchev–Trinajstić information content (AvgIpc) is 2.18. The molecule has 1 rings (SSSR count). The Morgan fingerprint density at radius 3 is 2.64 bits per heavy atom. The minimum atomic E-state index is -0.680. The second-order valence-electron chi connectivity index (χ2n) is 3.04. The molecule has 2 nitrogen and oxygen atoms in total. The number of carboxylic acid groups (broad SMARTS) is 1. The maximum atomic E-state index is 10.2. The predicted octanol–water partition coefficient (Wildman–Crippen LogP) is 2.17. The number of hydrogen-bond donors (Lipinski definition) is 1. The number of hydrogen-bond acceptors (Lipinski definition) is 1. The first-order valence-corrected chi connectivity index (χ1v) is 7.05. The number of aliphatic carboxylic acids is 1. The van der Waals surface area contributed by atoms with Crippen molar-refractivity contribution in [3.05, 3.63) is 35.9 Å². The van der Waals surface area contributed by atoms with Gasteiger partial charge in [-0.3, -0.25) is 0 Å². The first-order chi connectivity index (χ1) is 6.79. The van der Waals surface area contributed by atoms with Gasteiger partial charge in [0.1, 0.15) is 0 Å². The van der Waals surface area contributed by atoms with Crippen molar-refractivity contribution in [1.82, 2.24) is 0 Å². The molecule has 1 aromatic rings. The van der Waals surface area contributed by atoms with E-state index in [1.165, 1.54) is 5.56 Å². The Balaban J connectivity index is 2.08. The molecular weight excluding hydrogens is 243 g/mol. The van der Waals surface area contributed by atoms with Crippen LogP contribution in [0.3, 0.4) is 0 Å².